The number of aliphatic hydroxyl groups excluding tert-OH is 1. The summed E-state index contributed by atoms with van der Waals surface area (Å²) < 4.78 is 3.03. The first-order chi connectivity index (χ1) is 7.26. The van der Waals surface area contributed by atoms with Gasteiger partial charge >= 0.3 is 43.9 Å². The van der Waals surface area contributed by atoms with Gasteiger partial charge in [0, 0.05) is 5.56 Å². The molecule has 84 valence electrons. The predicted molar refractivity (Wildman–Crippen MR) is 61.8 cm³/mol. The van der Waals surface area contributed by atoms with Gasteiger partial charge in [0.05, 0.1) is 0 Å². The average Bonchev–Trinajstić information content (AvgIpc) is 2.31. The molecule has 4 heteroatoms. The Kier molecular flexibility index (Phi) is 10.3. The molecule has 3 nitrogen and oxygen atoms in total. The summed E-state index contributed by atoms with van der Waals surface area (Å²) in [5, 5.41) is 16.9. The van der Waals surface area contributed by atoms with Crippen LogP contribution in [0.1, 0.15) is 25.7 Å². The van der Waals surface area contributed by atoms with Gasteiger partial charge in [0.15, 0.2) is 0 Å². The van der Waals surface area contributed by atoms with Gasteiger partial charge in [-0.05, 0) is 0 Å². The summed E-state index contributed by atoms with van der Waals surface area (Å²) in [5.41, 5.74) is 0.532. The van der Waals surface area contributed by atoms with E-state index in [2.05, 4.69) is 18.7 Å². The Labute approximate surface area is 101 Å². The zero-order chi connectivity index (χ0) is 11.5. The number of aliphatic hydroxyl groups is 1. The van der Waals surface area contributed by atoms with Crippen LogP contribution in [-0.4, -0.2) is 31.5 Å². The van der Waals surface area contributed by atoms with Crippen molar-refractivity contribution in [1.29, 1.82) is 0 Å². The fourth-order valence-corrected chi connectivity index (χ4v) is 2.36. The SMILES string of the molecule is C[CH2][Sn][CH2]C.OOC(O)c1ccccc1. The monoisotopic (exact) mass is 318 g/mol. The molecule has 0 fully saturated rings. The quantitative estimate of drug-likeness (QED) is 0.389. The van der Waals surface area contributed by atoms with E-state index in [0.717, 1.165) is 0 Å². The first kappa shape index (κ1) is 14.9. The maximum absolute atomic E-state index is 8.86. The second kappa shape index (κ2) is 10.4. The van der Waals surface area contributed by atoms with Gasteiger partial charge in [0.25, 0.3) is 0 Å². The second-order valence-electron chi connectivity index (χ2n) is 2.83. The van der Waals surface area contributed by atoms with Gasteiger partial charge in [-0.1, -0.05) is 30.3 Å². The van der Waals surface area contributed by atoms with Crippen molar-refractivity contribution in [3.05, 3.63) is 35.9 Å². The first-order valence-electron chi connectivity index (χ1n) is 5.00. The van der Waals surface area contributed by atoms with Crippen molar-refractivity contribution >= 4 is 21.1 Å². The summed E-state index contributed by atoms with van der Waals surface area (Å²) in [6.07, 6.45) is -1.24. The molecule has 1 aromatic carbocycles. The minimum absolute atomic E-state index is 0.218. The number of hydrogen-bond acceptors (Lipinski definition) is 3. The van der Waals surface area contributed by atoms with Crippen LogP contribution in [0.2, 0.25) is 8.87 Å². The molecular formula is C11H18O3Sn. The normalized spacial score (nSPS) is 11.5. The number of hydrogen-bond donors (Lipinski definition) is 2. The fraction of sp³-hybridized carbons (Fsp3) is 0.455. The van der Waals surface area contributed by atoms with Crippen molar-refractivity contribution in [1.82, 2.24) is 0 Å². The first-order valence-corrected chi connectivity index (χ1v) is 9.03. The summed E-state index contributed by atoms with van der Waals surface area (Å²) in [6, 6.07) is 8.62. The molecule has 1 unspecified atom stereocenters. The van der Waals surface area contributed by atoms with Gasteiger partial charge in [-0.25, -0.2) is 10.1 Å². The molecule has 0 aliphatic heterocycles. The van der Waals surface area contributed by atoms with Crippen LogP contribution in [-0.2, 0) is 4.89 Å². The summed E-state index contributed by atoms with van der Waals surface area (Å²) in [5.74, 6) is 0. The summed E-state index contributed by atoms with van der Waals surface area (Å²) >= 11 is 0.218. The van der Waals surface area contributed by atoms with E-state index in [1.54, 1.807) is 24.3 Å². The van der Waals surface area contributed by atoms with Crippen LogP contribution in [0.15, 0.2) is 30.3 Å². The van der Waals surface area contributed by atoms with Crippen LogP contribution in [0.4, 0.5) is 0 Å². The standard InChI is InChI=1S/C7H8O3.2C2H5.Sn/c8-7(10-9)6-4-2-1-3-5-6;2*1-2;/h1-5,7-9H;2*1H2,2H3;. The van der Waals surface area contributed by atoms with Crippen molar-refractivity contribution < 1.29 is 15.3 Å². The summed E-state index contributed by atoms with van der Waals surface area (Å²) in [7, 11) is 0. The molecule has 0 bridgehead atoms. The van der Waals surface area contributed by atoms with Gasteiger partial charge in [-0.3, -0.25) is 0 Å². The van der Waals surface area contributed by atoms with E-state index in [4.69, 9.17) is 10.4 Å². The molecule has 2 radical (unpaired) electrons. The third-order valence-corrected chi connectivity index (χ3v) is 4.54. The molecule has 0 aliphatic rings. The van der Waals surface area contributed by atoms with E-state index < -0.39 is 6.29 Å². The van der Waals surface area contributed by atoms with E-state index >= 15 is 0 Å². The van der Waals surface area contributed by atoms with E-state index in [1.807, 2.05) is 6.07 Å². The molecule has 0 aromatic heterocycles. The zero-order valence-corrected chi connectivity index (χ0v) is 12.0. The average molecular weight is 317 g/mol. The van der Waals surface area contributed by atoms with E-state index in [9.17, 15) is 0 Å². The number of benzene rings is 1. The predicted octanol–water partition coefficient (Wildman–Crippen LogP) is 2.73. The fourth-order valence-electron chi connectivity index (χ4n) is 0.929. The van der Waals surface area contributed by atoms with Crippen LogP contribution < -0.4 is 0 Å². The summed E-state index contributed by atoms with van der Waals surface area (Å²) in [4.78, 5) is 3.69. The van der Waals surface area contributed by atoms with Crippen LogP contribution in [0.25, 0.3) is 0 Å². The molecule has 1 rings (SSSR count). The molecule has 0 amide bonds. The molecule has 0 aliphatic carbocycles. The minimum Gasteiger partial charge on any atom is -0.362 e. The van der Waals surface area contributed by atoms with Crippen molar-refractivity contribution in [3.63, 3.8) is 0 Å². The maximum Gasteiger partial charge on any atom is 0.214 e. The largest absolute Gasteiger partial charge is 0.362 e. The van der Waals surface area contributed by atoms with Crippen molar-refractivity contribution in [2.45, 2.75) is 29.0 Å². The third-order valence-electron chi connectivity index (χ3n) is 1.68. The van der Waals surface area contributed by atoms with Crippen molar-refractivity contribution in [3.8, 4) is 0 Å². The van der Waals surface area contributed by atoms with E-state index in [1.165, 1.54) is 8.87 Å². The molecule has 2 N–H and O–H groups in total. The van der Waals surface area contributed by atoms with Crippen LogP contribution in [0, 0.1) is 0 Å². The molecule has 0 saturated heterocycles. The van der Waals surface area contributed by atoms with Crippen LogP contribution >= 0.6 is 0 Å². The zero-order valence-electron chi connectivity index (χ0n) is 9.18. The van der Waals surface area contributed by atoms with Gasteiger partial charge in [0.1, 0.15) is 0 Å². The molecule has 15 heavy (non-hydrogen) atoms. The molecule has 0 saturated carbocycles. The second-order valence-corrected chi connectivity index (χ2v) is 8.29. The van der Waals surface area contributed by atoms with Crippen molar-refractivity contribution in [2.75, 3.05) is 0 Å². The smallest absolute Gasteiger partial charge is 0.214 e. The molecule has 1 aromatic rings. The molecular weight excluding hydrogens is 299 g/mol. The van der Waals surface area contributed by atoms with Gasteiger partial charge in [-0.2, -0.15) is 0 Å². The Hall–Kier alpha value is -0.101. The van der Waals surface area contributed by atoms with Crippen LogP contribution in [0.5, 0.6) is 0 Å². The Morgan fingerprint density at radius 2 is 1.73 bits per heavy atom. The van der Waals surface area contributed by atoms with E-state index in [-0.39, 0.29) is 21.1 Å². The molecule has 0 spiro atoms. The number of rotatable bonds is 4. The van der Waals surface area contributed by atoms with Gasteiger partial charge in [0.2, 0.25) is 6.29 Å². The Morgan fingerprint density at radius 1 is 1.20 bits per heavy atom. The van der Waals surface area contributed by atoms with E-state index in [0.29, 0.717) is 5.56 Å². The van der Waals surface area contributed by atoms with Crippen molar-refractivity contribution in [2.24, 2.45) is 0 Å². The topological polar surface area (TPSA) is 49.7 Å². The van der Waals surface area contributed by atoms with Gasteiger partial charge < -0.3 is 5.11 Å². The molecule has 1 atom stereocenters. The third kappa shape index (κ3) is 7.78. The Morgan fingerprint density at radius 3 is 2.07 bits per heavy atom. The van der Waals surface area contributed by atoms with Crippen LogP contribution in [0.3, 0.4) is 0 Å². The van der Waals surface area contributed by atoms with Gasteiger partial charge in [-0.15, -0.1) is 0 Å². The summed E-state index contributed by atoms with van der Waals surface area (Å²) in [6.45, 7) is 4.57. The molecule has 0 heterocycles. The Balaban J connectivity index is 0.000000336. The maximum atomic E-state index is 8.86. The minimum atomic E-state index is -1.24. The Bertz CT molecular complexity index is 227.